The molecule has 0 radical (unpaired) electrons. The number of hydrogen-bond donors (Lipinski definition) is 3. The average molecular weight is 551 g/mol. The number of rotatable bonds is 5. The highest BCUT2D eigenvalue weighted by molar-refractivity contribution is 6.01. The topological polar surface area (TPSA) is 117 Å². The first-order valence-electron chi connectivity index (χ1n) is 14.1. The summed E-state index contributed by atoms with van der Waals surface area (Å²) < 4.78 is 5.90. The number of amides is 4. The Morgan fingerprint density at radius 3 is 2.42 bits per heavy atom. The lowest BCUT2D eigenvalue weighted by Gasteiger charge is -2.26. The molecule has 0 aliphatic carbocycles. The van der Waals surface area contributed by atoms with Gasteiger partial charge >= 0.3 is 0 Å². The van der Waals surface area contributed by atoms with E-state index in [0.29, 0.717) is 37.4 Å². The predicted molar refractivity (Wildman–Crippen MR) is 154 cm³/mol. The smallest absolute Gasteiger partial charge is 0.255 e. The second kappa shape index (κ2) is 15.6. The minimum absolute atomic E-state index is 0.185. The van der Waals surface area contributed by atoms with Crippen molar-refractivity contribution in [3.8, 4) is 5.75 Å². The van der Waals surface area contributed by atoms with Gasteiger partial charge in [-0.15, -0.1) is 0 Å². The summed E-state index contributed by atoms with van der Waals surface area (Å²) in [5, 5.41) is 8.39. The third-order valence-electron chi connectivity index (χ3n) is 6.77. The predicted octanol–water partition coefficient (Wildman–Crippen LogP) is 3.09. The molecule has 216 valence electrons. The van der Waals surface area contributed by atoms with Gasteiger partial charge in [0, 0.05) is 26.6 Å². The van der Waals surface area contributed by atoms with Gasteiger partial charge in [0.25, 0.3) is 5.91 Å². The van der Waals surface area contributed by atoms with Crippen LogP contribution in [-0.2, 0) is 20.8 Å². The van der Waals surface area contributed by atoms with Gasteiger partial charge in [-0.2, -0.15) is 0 Å². The molecule has 0 spiro atoms. The maximum Gasteiger partial charge on any atom is 0.255 e. The lowest BCUT2D eigenvalue weighted by Crippen LogP contribution is -2.53. The van der Waals surface area contributed by atoms with Gasteiger partial charge in [-0.25, -0.2) is 0 Å². The van der Waals surface area contributed by atoms with Crippen molar-refractivity contribution in [2.24, 2.45) is 5.92 Å². The van der Waals surface area contributed by atoms with E-state index in [1.165, 1.54) is 0 Å². The molecular formula is C31H42N4O5. The summed E-state index contributed by atoms with van der Waals surface area (Å²) in [4.78, 5) is 54.8. The van der Waals surface area contributed by atoms with Gasteiger partial charge in [-0.05, 0) is 36.5 Å². The maximum absolute atomic E-state index is 13.4. The Kier molecular flexibility index (Phi) is 12.0. The van der Waals surface area contributed by atoms with Crippen LogP contribution >= 0.6 is 0 Å². The van der Waals surface area contributed by atoms with Gasteiger partial charge in [0.2, 0.25) is 17.7 Å². The first kappa shape index (κ1) is 30.7. The maximum atomic E-state index is 13.4. The van der Waals surface area contributed by atoms with Crippen molar-refractivity contribution < 1.29 is 23.9 Å². The molecule has 3 rings (SSSR count). The molecule has 0 aromatic heterocycles. The highest BCUT2D eigenvalue weighted by Gasteiger charge is 2.29. The Morgan fingerprint density at radius 2 is 1.68 bits per heavy atom. The number of ether oxygens (including phenoxy) is 1. The molecule has 3 N–H and O–H groups in total. The number of carbonyl (C=O) groups is 4. The van der Waals surface area contributed by atoms with Crippen molar-refractivity contribution in [1.29, 1.82) is 0 Å². The average Bonchev–Trinajstić information content (AvgIpc) is 2.94. The Hall–Kier alpha value is -3.88. The molecule has 2 atom stereocenters. The van der Waals surface area contributed by atoms with Crippen LogP contribution in [0.15, 0.2) is 54.6 Å². The SMILES string of the molecule is CC(C)CNC(=O)[C@@H]1CC(=O)N[C@@H](Cc2ccccc2)C(=O)N(C)CCCCCCOc2ccccc2C(=O)N1. The van der Waals surface area contributed by atoms with Crippen molar-refractivity contribution in [2.45, 2.75) is 64.5 Å². The van der Waals surface area contributed by atoms with Gasteiger partial charge in [0.1, 0.15) is 17.8 Å². The quantitative estimate of drug-likeness (QED) is 0.529. The van der Waals surface area contributed by atoms with Crippen LogP contribution in [0.4, 0.5) is 0 Å². The number of hydrogen-bond acceptors (Lipinski definition) is 5. The van der Waals surface area contributed by atoms with Crippen LogP contribution in [0, 0.1) is 5.92 Å². The zero-order valence-corrected chi connectivity index (χ0v) is 23.8. The van der Waals surface area contributed by atoms with E-state index in [9.17, 15) is 19.2 Å². The van der Waals surface area contributed by atoms with Crippen molar-refractivity contribution in [1.82, 2.24) is 20.9 Å². The largest absolute Gasteiger partial charge is 0.493 e. The van der Waals surface area contributed by atoms with E-state index in [1.54, 1.807) is 36.2 Å². The second-order valence-electron chi connectivity index (χ2n) is 10.7. The molecule has 0 unspecified atom stereocenters. The van der Waals surface area contributed by atoms with Gasteiger partial charge in [0.15, 0.2) is 0 Å². The fraction of sp³-hybridized carbons (Fsp3) is 0.484. The minimum Gasteiger partial charge on any atom is -0.493 e. The summed E-state index contributed by atoms with van der Waals surface area (Å²) in [6.45, 7) is 5.32. The van der Waals surface area contributed by atoms with Crippen molar-refractivity contribution >= 4 is 23.6 Å². The zero-order chi connectivity index (χ0) is 28.9. The number of fused-ring (bicyclic) bond motifs is 1. The van der Waals surface area contributed by atoms with E-state index >= 15 is 0 Å². The molecule has 1 aliphatic rings. The Balaban J connectivity index is 1.87. The lowest BCUT2D eigenvalue weighted by molar-refractivity contribution is -0.136. The van der Waals surface area contributed by atoms with Crippen molar-refractivity contribution in [2.75, 3.05) is 26.7 Å². The molecule has 2 aromatic rings. The number of likely N-dealkylation sites (N-methyl/N-ethyl adjacent to an activating group) is 1. The van der Waals surface area contributed by atoms with Crippen LogP contribution in [-0.4, -0.2) is 67.4 Å². The first-order valence-corrected chi connectivity index (χ1v) is 14.1. The van der Waals surface area contributed by atoms with E-state index in [0.717, 1.165) is 31.2 Å². The Labute approximate surface area is 237 Å². The normalized spacial score (nSPS) is 19.9. The molecule has 0 saturated carbocycles. The molecule has 0 saturated heterocycles. The number of nitrogens with one attached hydrogen (secondary N) is 3. The van der Waals surface area contributed by atoms with E-state index in [1.807, 2.05) is 44.2 Å². The molecule has 4 amide bonds. The van der Waals surface area contributed by atoms with E-state index in [-0.39, 0.29) is 18.2 Å². The first-order chi connectivity index (χ1) is 19.2. The summed E-state index contributed by atoms with van der Waals surface area (Å²) in [7, 11) is 1.74. The molecule has 9 nitrogen and oxygen atoms in total. The third kappa shape index (κ3) is 9.70. The highest BCUT2D eigenvalue weighted by atomic mass is 16.5. The standard InChI is InChI=1S/C31H42N4O5/c1-22(2)21-32-30(38)25-20-28(36)33-26(19-23-13-7-6-8-14-23)31(39)35(3)17-11-4-5-12-18-40-27-16-10-9-15-24(27)29(37)34-25/h6-10,13-16,22,25-26H,4-5,11-12,17-21H2,1-3H3,(H,32,38)(H,33,36)(H,34,37)/t25-,26-/m0/s1. The van der Waals surface area contributed by atoms with Crippen molar-refractivity contribution in [3.63, 3.8) is 0 Å². The van der Waals surface area contributed by atoms with Crippen LogP contribution in [0.5, 0.6) is 5.75 Å². The summed E-state index contributed by atoms with van der Waals surface area (Å²) in [5.41, 5.74) is 1.21. The summed E-state index contributed by atoms with van der Waals surface area (Å²) in [6, 6.07) is 14.4. The van der Waals surface area contributed by atoms with Crippen LogP contribution in [0.25, 0.3) is 0 Å². The number of nitrogens with zero attached hydrogens (tertiary/aromatic N) is 1. The number of carbonyl (C=O) groups excluding carboxylic acids is 4. The van der Waals surface area contributed by atoms with Gasteiger partial charge in [0.05, 0.1) is 18.6 Å². The highest BCUT2D eigenvalue weighted by Crippen LogP contribution is 2.19. The monoisotopic (exact) mass is 550 g/mol. The minimum atomic E-state index is -1.14. The van der Waals surface area contributed by atoms with Crippen LogP contribution in [0.2, 0.25) is 0 Å². The zero-order valence-electron chi connectivity index (χ0n) is 23.8. The van der Waals surface area contributed by atoms with Crippen LogP contribution in [0.1, 0.15) is 61.9 Å². The molecule has 40 heavy (non-hydrogen) atoms. The Bertz CT molecular complexity index is 1140. The van der Waals surface area contributed by atoms with E-state index in [4.69, 9.17) is 4.74 Å². The number of benzene rings is 2. The van der Waals surface area contributed by atoms with Crippen molar-refractivity contribution in [3.05, 3.63) is 65.7 Å². The van der Waals surface area contributed by atoms with Gasteiger partial charge < -0.3 is 25.6 Å². The summed E-state index contributed by atoms with van der Waals surface area (Å²) in [5.74, 6) is -1.05. The van der Waals surface area contributed by atoms with Gasteiger partial charge in [-0.1, -0.05) is 69.2 Å². The second-order valence-corrected chi connectivity index (χ2v) is 10.7. The van der Waals surface area contributed by atoms with E-state index in [2.05, 4.69) is 16.0 Å². The molecule has 2 aromatic carbocycles. The summed E-state index contributed by atoms with van der Waals surface area (Å²) in [6.07, 6.45) is 3.47. The van der Waals surface area contributed by atoms with Crippen LogP contribution in [0.3, 0.4) is 0 Å². The van der Waals surface area contributed by atoms with E-state index < -0.39 is 29.8 Å². The molecule has 9 heteroatoms. The molecular weight excluding hydrogens is 508 g/mol. The fourth-order valence-electron chi connectivity index (χ4n) is 4.50. The lowest BCUT2D eigenvalue weighted by atomic mass is 10.0. The summed E-state index contributed by atoms with van der Waals surface area (Å²) >= 11 is 0. The molecule has 0 bridgehead atoms. The fourth-order valence-corrected chi connectivity index (χ4v) is 4.50. The molecule has 0 fully saturated rings. The third-order valence-corrected chi connectivity index (χ3v) is 6.77. The molecule has 1 heterocycles. The van der Waals surface area contributed by atoms with Gasteiger partial charge in [-0.3, -0.25) is 19.2 Å². The number of para-hydroxylation sites is 1. The Morgan fingerprint density at radius 1 is 0.975 bits per heavy atom. The van der Waals surface area contributed by atoms with Crippen LogP contribution < -0.4 is 20.7 Å². The molecule has 1 aliphatic heterocycles.